The van der Waals surface area contributed by atoms with Crippen LogP contribution in [0.5, 0.6) is 5.75 Å². The lowest BCUT2D eigenvalue weighted by atomic mass is 10.1. The van der Waals surface area contributed by atoms with Crippen molar-refractivity contribution in [2.75, 3.05) is 0 Å². The summed E-state index contributed by atoms with van der Waals surface area (Å²) in [6.45, 7) is 3.79. The van der Waals surface area contributed by atoms with Gasteiger partial charge in [-0.1, -0.05) is 29.8 Å². The number of ether oxygens (including phenoxy) is 2. The molecular weight excluding hydrogens is 372 g/mol. The van der Waals surface area contributed by atoms with Crippen LogP contribution in [0.25, 0.3) is 6.08 Å². The van der Waals surface area contributed by atoms with Gasteiger partial charge in [0, 0.05) is 17.7 Å². The summed E-state index contributed by atoms with van der Waals surface area (Å²) in [5.41, 5.74) is 0.705. The van der Waals surface area contributed by atoms with Crippen molar-refractivity contribution < 1.29 is 19.2 Å². The van der Waals surface area contributed by atoms with Crippen molar-refractivity contribution in [2.24, 2.45) is 4.99 Å². The zero-order chi connectivity index (χ0) is 19.6. The zero-order valence-electron chi connectivity index (χ0n) is 14.5. The summed E-state index contributed by atoms with van der Waals surface area (Å²) in [4.78, 5) is 26.8. The maximum atomic E-state index is 12.2. The van der Waals surface area contributed by atoms with Crippen LogP contribution in [0, 0.1) is 10.1 Å². The van der Waals surface area contributed by atoms with Gasteiger partial charge in [0.05, 0.1) is 21.6 Å². The number of halogens is 1. The molecule has 2 aromatic rings. The summed E-state index contributed by atoms with van der Waals surface area (Å²) in [5.74, 6) is -0.154. The highest BCUT2D eigenvalue weighted by molar-refractivity contribution is 6.34. The van der Waals surface area contributed by atoms with E-state index < -0.39 is 10.9 Å². The van der Waals surface area contributed by atoms with Crippen LogP contribution >= 0.6 is 11.6 Å². The first-order valence-corrected chi connectivity index (χ1v) is 8.45. The number of cyclic esters (lactones) is 1. The van der Waals surface area contributed by atoms with E-state index in [-0.39, 0.29) is 34.0 Å². The fourth-order valence-corrected chi connectivity index (χ4v) is 2.62. The molecule has 2 aromatic carbocycles. The SMILES string of the molecule is CC(C)Oc1ccccc1/C=C1\N=C(c2cc([N+](=O)[O-])ccc2Cl)OC1=O. The predicted octanol–water partition coefficient (Wildman–Crippen LogP) is 4.38. The molecule has 0 atom stereocenters. The van der Waals surface area contributed by atoms with E-state index in [9.17, 15) is 14.9 Å². The minimum Gasteiger partial charge on any atom is -0.490 e. The topological polar surface area (TPSA) is 91.0 Å². The number of aliphatic imine (C=N–C) groups is 1. The third kappa shape index (κ3) is 4.15. The van der Waals surface area contributed by atoms with Crippen molar-refractivity contribution in [3.63, 3.8) is 0 Å². The van der Waals surface area contributed by atoms with Crippen LogP contribution in [0.15, 0.2) is 53.2 Å². The van der Waals surface area contributed by atoms with Crippen molar-refractivity contribution in [3.05, 3.63) is 74.4 Å². The Morgan fingerprint density at radius 2 is 2.00 bits per heavy atom. The maximum absolute atomic E-state index is 12.2. The number of hydrogen-bond acceptors (Lipinski definition) is 6. The van der Waals surface area contributed by atoms with Gasteiger partial charge in [0.25, 0.3) is 5.69 Å². The molecule has 1 heterocycles. The molecule has 1 aliphatic heterocycles. The van der Waals surface area contributed by atoms with Gasteiger partial charge in [-0.05, 0) is 32.1 Å². The first-order chi connectivity index (χ1) is 12.8. The van der Waals surface area contributed by atoms with E-state index in [4.69, 9.17) is 21.1 Å². The highest BCUT2D eigenvalue weighted by Gasteiger charge is 2.27. The average Bonchev–Trinajstić information content (AvgIpc) is 2.97. The molecule has 0 aromatic heterocycles. The van der Waals surface area contributed by atoms with Crippen LogP contribution in [0.4, 0.5) is 5.69 Å². The molecular formula is C19H15ClN2O5. The maximum Gasteiger partial charge on any atom is 0.363 e. The van der Waals surface area contributed by atoms with Crippen LogP contribution in [0.3, 0.4) is 0 Å². The van der Waals surface area contributed by atoms with Gasteiger partial charge in [0.1, 0.15) is 5.75 Å². The Kier molecular flexibility index (Phi) is 5.23. The lowest BCUT2D eigenvalue weighted by Crippen LogP contribution is -2.07. The molecule has 138 valence electrons. The van der Waals surface area contributed by atoms with Crippen LogP contribution in [0.2, 0.25) is 5.02 Å². The largest absolute Gasteiger partial charge is 0.490 e. The average molecular weight is 387 g/mol. The minimum atomic E-state index is -0.674. The smallest absolute Gasteiger partial charge is 0.363 e. The number of carbonyl (C=O) groups excluding carboxylic acids is 1. The summed E-state index contributed by atoms with van der Waals surface area (Å²) in [6.07, 6.45) is 1.50. The normalized spacial score (nSPS) is 15.0. The summed E-state index contributed by atoms with van der Waals surface area (Å²) >= 11 is 6.08. The summed E-state index contributed by atoms with van der Waals surface area (Å²) in [5, 5.41) is 11.2. The van der Waals surface area contributed by atoms with Gasteiger partial charge < -0.3 is 9.47 Å². The van der Waals surface area contributed by atoms with Gasteiger partial charge in [-0.2, -0.15) is 0 Å². The van der Waals surface area contributed by atoms with Crippen LogP contribution in [0.1, 0.15) is 25.0 Å². The van der Waals surface area contributed by atoms with Gasteiger partial charge >= 0.3 is 5.97 Å². The molecule has 0 saturated carbocycles. The van der Waals surface area contributed by atoms with Crippen molar-refractivity contribution in [2.45, 2.75) is 20.0 Å². The molecule has 8 heteroatoms. The first kappa shape index (κ1) is 18.6. The number of nitrogens with zero attached hydrogens (tertiary/aromatic N) is 2. The highest BCUT2D eigenvalue weighted by Crippen LogP contribution is 2.29. The molecule has 3 rings (SSSR count). The zero-order valence-corrected chi connectivity index (χ0v) is 15.3. The van der Waals surface area contributed by atoms with Gasteiger partial charge in [-0.15, -0.1) is 0 Å². The molecule has 0 amide bonds. The van der Waals surface area contributed by atoms with E-state index in [0.29, 0.717) is 11.3 Å². The summed E-state index contributed by atoms with van der Waals surface area (Å²) in [7, 11) is 0. The lowest BCUT2D eigenvalue weighted by Gasteiger charge is -2.12. The molecule has 7 nitrogen and oxygen atoms in total. The van der Waals surface area contributed by atoms with E-state index in [1.54, 1.807) is 12.1 Å². The van der Waals surface area contributed by atoms with E-state index in [1.165, 1.54) is 24.3 Å². The molecule has 0 N–H and O–H groups in total. The molecule has 0 fully saturated rings. The Morgan fingerprint density at radius 1 is 1.26 bits per heavy atom. The van der Waals surface area contributed by atoms with E-state index in [1.807, 2.05) is 26.0 Å². The van der Waals surface area contributed by atoms with Crippen LogP contribution in [-0.4, -0.2) is 22.9 Å². The Balaban J connectivity index is 2.00. The minimum absolute atomic E-state index is 0.0391. The fourth-order valence-electron chi connectivity index (χ4n) is 2.42. The molecule has 0 spiro atoms. The van der Waals surface area contributed by atoms with Gasteiger partial charge in [0.15, 0.2) is 5.70 Å². The molecule has 0 bridgehead atoms. The monoisotopic (exact) mass is 386 g/mol. The third-order valence-electron chi connectivity index (χ3n) is 3.59. The number of benzene rings is 2. The molecule has 1 aliphatic rings. The Morgan fingerprint density at radius 3 is 2.70 bits per heavy atom. The van der Waals surface area contributed by atoms with Crippen molar-refractivity contribution in [1.82, 2.24) is 0 Å². The lowest BCUT2D eigenvalue weighted by molar-refractivity contribution is -0.384. The van der Waals surface area contributed by atoms with Crippen molar-refractivity contribution in [1.29, 1.82) is 0 Å². The van der Waals surface area contributed by atoms with E-state index >= 15 is 0 Å². The third-order valence-corrected chi connectivity index (χ3v) is 3.92. The number of non-ortho nitro benzene ring substituents is 1. The Bertz CT molecular complexity index is 982. The second kappa shape index (κ2) is 7.59. The molecule has 0 radical (unpaired) electrons. The van der Waals surface area contributed by atoms with Crippen LogP contribution in [-0.2, 0) is 9.53 Å². The number of carbonyl (C=O) groups is 1. The van der Waals surface area contributed by atoms with Gasteiger partial charge in [-0.3, -0.25) is 10.1 Å². The molecule has 0 aliphatic carbocycles. The second-order valence-electron chi connectivity index (χ2n) is 5.96. The summed E-state index contributed by atoms with van der Waals surface area (Å²) in [6, 6.07) is 11.0. The standard InChI is InChI=1S/C19H15ClN2O5/c1-11(2)26-17-6-4-3-5-12(17)9-16-19(23)27-18(21-16)14-10-13(22(24)25)7-8-15(14)20/h3-11H,1-2H3/b16-9-. The first-order valence-electron chi connectivity index (χ1n) is 8.07. The van der Waals surface area contributed by atoms with Crippen LogP contribution < -0.4 is 4.74 Å². The van der Waals surface area contributed by atoms with E-state index in [2.05, 4.69) is 4.99 Å². The summed E-state index contributed by atoms with van der Waals surface area (Å²) < 4.78 is 10.9. The quantitative estimate of drug-likeness (QED) is 0.329. The number of hydrogen-bond donors (Lipinski definition) is 0. The Labute approximate surface area is 160 Å². The number of para-hydroxylation sites is 1. The molecule has 0 saturated heterocycles. The van der Waals surface area contributed by atoms with Crippen molar-refractivity contribution >= 4 is 35.2 Å². The van der Waals surface area contributed by atoms with E-state index in [0.717, 1.165) is 0 Å². The Hall–Kier alpha value is -3.19. The number of nitro benzene ring substituents is 1. The second-order valence-corrected chi connectivity index (χ2v) is 6.37. The number of rotatable bonds is 5. The fraction of sp³-hybridized carbons (Fsp3) is 0.158. The van der Waals surface area contributed by atoms with Gasteiger partial charge in [-0.25, -0.2) is 9.79 Å². The molecule has 27 heavy (non-hydrogen) atoms. The van der Waals surface area contributed by atoms with Gasteiger partial charge in [0.2, 0.25) is 5.90 Å². The highest BCUT2D eigenvalue weighted by atomic mass is 35.5. The number of esters is 1. The van der Waals surface area contributed by atoms with Crippen molar-refractivity contribution in [3.8, 4) is 5.75 Å². The number of nitro groups is 1. The molecule has 0 unspecified atom stereocenters. The predicted molar refractivity (Wildman–Crippen MR) is 101 cm³/mol.